The van der Waals surface area contributed by atoms with Gasteiger partial charge >= 0.3 is 0 Å². The summed E-state index contributed by atoms with van der Waals surface area (Å²) in [6.07, 6.45) is 1.93. The third-order valence-corrected chi connectivity index (χ3v) is 7.12. The molecule has 0 fully saturated rings. The van der Waals surface area contributed by atoms with Gasteiger partial charge in [0.25, 0.3) is 0 Å². The van der Waals surface area contributed by atoms with Gasteiger partial charge in [-0.05, 0) is 33.8 Å². The second-order valence-electron chi connectivity index (χ2n) is 4.77. The van der Waals surface area contributed by atoms with E-state index in [1.165, 1.54) is 4.31 Å². The lowest BCUT2D eigenvalue weighted by Gasteiger charge is -2.24. The third kappa shape index (κ3) is 5.98. The van der Waals surface area contributed by atoms with Crippen molar-refractivity contribution in [3.63, 3.8) is 0 Å². The lowest BCUT2D eigenvalue weighted by atomic mass is 10.2. The molecular weight excluding hydrogens is 428 g/mol. The zero-order valence-corrected chi connectivity index (χ0v) is 17.0. The van der Waals surface area contributed by atoms with Crippen molar-refractivity contribution in [3.8, 4) is 0 Å². The first-order valence-corrected chi connectivity index (χ1v) is 10.9. The summed E-state index contributed by atoms with van der Waals surface area (Å²) in [6, 6.07) is 5.21. The van der Waals surface area contributed by atoms with E-state index in [1.54, 1.807) is 30.0 Å². The molecule has 1 aromatic carbocycles. The summed E-state index contributed by atoms with van der Waals surface area (Å²) in [5.74, 6) is -0.186. The molecule has 1 atom stereocenters. The van der Waals surface area contributed by atoms with Gasteiger partial charge in [-0.3, -0.25) is 0 Å². The number of benzene rings is 1. The Bertz CT molecular complexity index is 640. The molecule has 4 nitrogen and oxygen atoms in total. The number of thiocarbonyl (C=S) groups is 1. The van der Waals surface area contributed by atoms with E-state index in [-0.39, 0.29) is 22.5 Å². The molecule has 0 amide bonds. The summed E-state index contributed by atoms with van der Waals surface area (Å²) in [7, 11) is -3.57. The maximum absolute atomic E-state index is 12.7. The van der Waals surface area contributed by atoms with Crippen LogP contribution in [0.15, 0.2) is 22.7 Å². The summed E-state index contributed by atoms with van der Waals surface area (Å²) in [5.41, 5.74) is 6.08. The van der Waals surface area contributed by atoms with Crippen molar-refractivity contribution in [2.24, 2.45) is 5.73 Å². The Labute approximate surface area is 154 Å². The Kier molecular flexibility index (Phi) is 8.11. The van der Waals surface area contributed by atoms with Crippen LogP contribution < -0.4 is 5.73 Å². The molecule has 0 spiro atoms. The molecule has 0 aliphatic heterocycles. The molecule has 0 radical (unpaired) electrons. The number of hydrogen-bond acceptors (Lipinski definition) is 4. The van der Waals surface area contributed by atoms with Gasteiger partial charge in [0, 0.05) is 16.3 Å². The smallest absolute Gasteiger partial charge is 0.218 e. The lowest BCUT2D eigenvalue weighted by Crippen LogP contribution is -2.41. The van der Waals surface area contributed by atoms with Crippen LogP contribution in [0.5, 0.6) is 0 Å². The number of thioether (sulfide) groups is 1. The number of nitrogens with zero attached hydrogens (tertiary/aromatic N) is 1. The van der Waals surface area contributed by atoms with Crippen LogP contribution in [0.1, 0.15) is 12.5 Å². The van der Waals surface area contributed by atoms with Gasteiger partial charge in [-0.2, -0.15) is 16.1 Å². The van der Waals surface area contributed by atoms with E-state index < -0.39 is 10.0 Å². The van der Waals surface area contributed by atoms with Gasteiger partial charge in [-0.1, -0.05) is 42.9 Å². The van der Waals surface area contributed by atoms with E-state index in [9.17, 15) is 8.42 Å². The third-order valence-electron chi connectivity index (χ3n) is 2.96. The van der Waals surface area contributed by atoms with Crippen molar-refractivity contribution in [1.29, 1.82) is 0 Å². The van der Waals surface area contributed by atoms with Gasteiger partial charge in [0.1, 0.15) is 0 Å². The normalized spacial score (nSPS) is 13.3. The summed E-state index contributed by atoms with van der Waals surface area (Å²) >= 11 is 15.9. The number of halogens is 2. The Morgan fingerprint density at radius 3 is 2.73 bits per heavy atom. The molecule has 1 rings (SSSR count). The van der Waals surface area contributed by atoms with Gasteiger partial charge in [-0.15, -0.1) is 0 Å². The highest BCUT2D eigenvalue weighted by Gasteiger charge is 2.26. The molecule has 0 heterocycles. The fraction of sp³-hybridized carbons (Fsp3) is 0.462. The lowest BCUT2D eigenvalue weighted by molar-refractivity contribution is 0.452. The van der Waals surface area contributed by atoms with Gasteiger partial charge in [0.2, 0.25) is 10.0 Å². The van der Waals surface area contributed by atoms with Crippen LogP contribution in [0, 0.1) is 0 Å². The zero-order chi connectivity index (χ0) is 16.9. The molecule has 22 heavy (non-hydrogen) atoms. The van der Waals surface area contributed by atoms with Gasteiger partial charge in [-0.25, -0.2) is 8.42 Å². The molecule has 0 saturated heterocycles. The maximum Gasteiger partial charge on any atom is 0.218 e. The fourth-order valence-corrected chi connectivity index (χ4v) is 4.70. The van der Waals surface area contributed by atoms with Gasteiger partial charge in [0.15, 0.2) is 0 Å². The molecule has 9 heteroatoms. The standard InChI is InChI=1S/C13H18BrClN2O2S3/c1-9(21-2)6-17(7-12(16)20)22(18,19)8-10-4-3-5-11(14)13(10)15/h3-5,9H,6-8H2,1-2H3,(H2,16,20). The zero-order valence-electron chi connectivity index (χ0n) is 12.3. The predicted molar refractivity (Wildman–Crippen MR) is 103 cm³/mol. The van der Waals surface area contributed by atoms with E-state index in [1.807, 2.05) is 13.2 Å². The molecule has 0 saturated carbocycles. The summed E-state index contributed by atoms with van der Waals surface area (Å²) in [6.45, 7) is 2.35. The molecule has 2 N–H and O–H groups in total. The van der Waals surface area contributed by atoms with E-state index in [2.05, 4.69) is 15.9 Å². The molecule has 0 aromatic heterocycles. The maximum atomic E-state index is 12.7. The Morgan fingerprint density at radius 2 is 2.18 bits per heavy atom. The minimum absolute atomic E-state index is 0.0359. The van der Waals surface area contributed by atoms with E-state index in [4.69, 9.17) is 29.6 Å². The van der Waals surface area contributed by atoms with Gasteiger partial charge in [0.05, 0.1) is 22.3 Å². The Hall–Kier alpha value is 0.140. The van der Waals surface area contributed by atoms with Crippen LogP contribution in [-0.4, -0.2) is 42.3 Å². The van der Waals surface area contributed by atoms with E-state index in [0.29, 0.717) is 21.6 Å². The van der Waals surface area contributed by atoms with Crippen molar-refractivity contribution in [1.82, 2.24) is 4.31 Å². The van der Waals surface area contributed by atoms with Crippen molar-refractivity contribution >= 4 is 66.5 Å². The molecule has 1 aromatic rings. The van der Waals surface area contributed by atoms with Crippen molar-refractivity contribution in [3.05, 3.63) is 33.3 Å². The van der Waals surface area contributed by atoms with Gasteiger partial charge < -0.3 is 5.73 Å². The van der Waals surface area contributed by atoms with Crippen LogP contribution in [0.3, 0.4) is 0 Å². The van der Waals surface area contributed by atoms with Crippen molar-refractivity contribution in [2.45, 2.75) is 17.9 Å². The monoisotopic (exact) mass is 444 g/mol. The molecule has 0 aliphatic rings. The van der Waals surface area contributed by atoms with Crippen molar-refractivity contribution < 1.29 is 8.42 Å². The Morgan fingerprint density at radius 1 is 1.55 bits per heavy atom. The van der Waals surface area contributed by atoms with Crippen LogP contribution in [0.4, 0.5) is 0 Å². The average molecular weight is 446 g/mol. The first-order valence-electron chi connectivity index (χ1n) is 6.39. The van der Waals surface area contributed by atoms with E-state index in [0.717, 1.165) is 0 Å². The number of rotatable bonds is 8. The number of nitrogens with two attached hydrogens (primary N) is 1. The minimum Gasteiger partial charge on any atom is -0.392 e. The van der Waals surface area contributed by atoms with Crippen molar-refractivity contribution in [2.75, 3.05) is 19.3 Å². The quantitative estimate of drug-likeness (QED) is 0.622. The summed E-state index contributed by atoms with van der Waals surface area (Å²) in [5, 5.41) is 0.543. The molecule has 1 unspecified atom stereocenters. The number of hydrogen-bond donors (Lipinski definition) is 1. The molecule has 124 valence electrons. The predicted octanol–water partition coefficient (Wildman–Crippen LogP) is 3.27. The second-order valence-corrected chi connectivity index (χ2v) is 9.78. The first kappa shape index (κ1) is 20.2. The fourth-order valence-electron chi connectivity index (χ4n) is 1.76. The van der Waals surface area contributed by atoms with Crippen LogP contribution in [0.2, 0.25) is 5.02 Å². The van der Waals surface area contributed by atoms with Crippen LogP contribution >= 0.6 is 51.5 Å². The molecule has 0 bridgehead atoms. The summed E-state index contributed by atoms with van der Waals surface area (Å²) < 4.78 is 27.4. The average Bonchev–Trinajstić information content (AvgIpc) is 2.42. The highest BCUT2D eigenvalue weighted by Crippen LogP contribution is 2.28. The highest BCUT2D eigenvalue weighted by molar-refractivity contribution is 9.10. The second kappa shape index (κ2) is 8.84. The van der Waals surface area contributed by atoms with Crippen LogP contribution in [0.25, 0.3) is 0 Å². The SMILES string of the molecule is CSC(C)CN(CC(N)=S)S(=O)(=O)Cc1cccc(Br)c1Cl. The molecule has 0 aliphatic carbocycles. The van der Waals surface area contributed by atoms with E-state index >= 15 is 0 Å². The molecular formula is C13H18BrClN2O2S3. The highest BCUT2D eigenvalue weighted by atomic mass is 79.9. The first-order chi connectivity index (χ1) is 10.2. The Balaban J connectivity index is 3.05. The largest absolute Gasteiger partial charge is 0.392 e. The minimum atomic E-state index is -3.57. The van der Waals surface area contributed by atoms with Crippen LogP contribution in [-0.2, 0) is 15.8 Å². The summed E-state index contributed by atoms with van der Waals surface area (Å²) in [4.78, 5) is 0.150. The number of sulfonamides is 1. The topological polar surface area (TPSA) is 63.4 Å².